The van der Waals surface area contributed by atoms with Crippen LogP contribution in [0.15, 0.2) is 46.1 Å². The first kappa shape index (κ1) is 23.1. The van der Waals surface area contributed by atoms with E-state index < -0.39 is 10.0 Å². The average Bonchev–Trinajstić information content (AvgIpc) is 3.26. The zero-order valence-corrected chi connectivity index (χ0v) is 19.3. The number of benzene rings is 1. The number of aliphatic imine (C=N–C) groups is 1. The lowest BCUT2D eigenvalue weighted by Gasteiger charge is -2.35. The zero-order valence-electron chi connectivity index (χ0n) is 18.5. The highest BCUT2D eigenvalue weighted by Crippen LogP contribution is 2.14. The van der Waals surface area contributed by atoms with Crippen LogP contribution < -0.4 is 10.2 Å². The van der Waals surface area contributed by atoms with Crippen molar-refractivity contribution in [1.82, 2.24) is 19.7 Å². The molecule has 1 saturated heterocycles. The molecule has 1 aliphatic rings. The van der Waals surface area contributed by atoms with E-state index >= 15 is 0 Å². The number of piperazine rings is 1. The Balaban J connectivity index is 1.41. The van der Waals surface area contributed by atoms with Crippen molar-refractivity contribution in [1.29, 1.82) is 0 Å². The molecule has 2 heterocycles. The van der Waals surface area contributed by atoms with E-state index in [1.54, 1.807) is 13.1 Å². The minimum absolute atomic E-state index is 0.133. The number of hydrogen-bond acceptors (Lipinski definition) is 6. The van der Waals surface area contributed by atoms with Gasteiger partial charge in [-0.2, -0.15) is 4.31 Å². The zero-order chi connectivity index (χ0) is 22.3. The van der Waals surface area contributed by atoms with Gasteiger partial charge in [-0.15, -0.1) is 0 Å². The molecule has 1 fully saturated rings. The normalized spacial score (nSPS) is 15.8. The summed E-state index contributed by atoms with van der Waals surface area (Å²) in [6.45, 7) is 2.87. The SMILES string of the molecule is CN=C(NCCCc1ccc(N(C)C)cc1)N1CCN(S(=O)(=O)Cc2ccon2)CC1. The molecule has 2 aromatic rings. The van der Waals surface area contributed by atoms with Crippen LogP contribution in [-0.2, 0) is 22.2 Å². The van der Waals surface area contributed by atoms with E-state index in [2.05, 4.69) is 49.5 Å². The largest absolute Gasteiger partial charge is 0.378 e. The van der Waals surface area contributed by atoms with Gasteiger partial charge in [-0.1, -0.05) is 17.3 Å². The first-order valence-corrected chi connectivity index (χ1v) is 12.1. The maximum Gasteiger partial charge on any atom is 0.220 e. The minimum Gasteiger partial charge on any atom is -0.378 e. The first-order valence-electron chi connectivity index (χ1n) is 10.5. The second-order valence-electron chi connectivity index (χ2n) is 7.77. The van der Waals surface area contributed by atoms with Crippen molar-refractivity contribution in [2.75, 3.05) is 58.8 Å². The van der Waals surface area contributed by atoms with E-state index in [9.17, 15) is 8.42 Å². The van der Waals surface area contributed by atoms with Crippen LogP contribution in [0, 0.1) is 0 Å². The Morgan fingerprint density at radius 3 is 2.45 bits per heavy atom. The lowest BCUT2D eigenvalue weighted by Crippen LogP contribution is -2.54. The molecule has 0 aliphatic carbocycles. The maximum absolute atomic E-state index is 12.6. The number of aromatic nitrogens is 1. The summed E-state index contributed by atoms with van der Waals surface area (Å²) in [6.07, 6.45) is 3.37. The maximum atomic E-state index is 12.6. The fraction of sp³-hybridized carbons (Fsp3) is 0.524. The number of rotatable bonds is 8. The van der Waals surface area contributed by atoms with Crippen LogP contribution in [0.3, 0.4) is 0 Å². The molecule has 0 unspecified atom stereocenters. The van der Waals surface area contributed by atoms with E-state index in [-0.39, 0.29) is 5.75 Å². The molecule has 1 aromatic carbocycles. The number of aryl methyl sites for hydroxylation is 1. The fourth-order valence-corrected chi connectivity index (χ4v) is 4.98. The van der Waals surface area contributed by atoms with Gasteiger partial charge >= 0.3 is 0 Å². The average molecular weight is 449 g/mol. The van der Waals surface area contributed by atoms with Crippen molar-refractivity contribution >= 4 is 21.7 Å². The molecule has 1 aliphatic heterocycles. The molecule has 0 spiro atoms. The molecule has 9 nitrogen and oxygen atoms in total. The highest BCUT2D eigenvalue weighted by Gasteiger charge is 2.28. The molecule has 0 saturated carbocycles. The standard InChI is InChI=1S/C21H32N6O3S/c1-22-21(23-11-4-5-18-6-8-20(9-7-18)25(2)3)26-12-14-27(15-13-26)31(28,29)17-19-10-16-30-24-19/h6-10,16H,4-5,11-15,17H2,1-3H3,(H,22,23). The minimum atomic E-state index is -3.40. The second-order valence-corrected chi connectivity index (χ2v) is 9.74. The highest BCUT2D eigenvalue weighted by atomic mass is 32.2. The molecule has 31 heavy (non-hydrogen) atoms. The van der Waals surface area contributed by atoms with Crippen molar-refractivity contribution in [2.24, 2.45) is 4.99 Å². The van der Waals surface area contributed by atoms with Crippen molar-refractivity contribution < 1.29 is 12.9 Å². The van der Waals surface area contributed by atoms with Gasteiger partial charge in [0.05, 0.1) is 5.69 Å². The molecular weight excluding hydrogens is 416 g/mol. The molecule has 0 bridgehead atoms. The highest BCUT2D eigenvalue weighted by molar-refractivity contribution is 7.88. The molecular formula is C21H32N6O3S. The number of anilines is 1. The quantitative estimate of drug-likeness (QED) is 0.371. The number of hydrogen-bond donors (Lipinski definition) is 1. The molecule has 0 radical (unpaired) electrons. The van der Waals surface area contributed by atoms with Gasteiger partial charge < -0.3 is 19.6 Å². The van der Waals surface area contributed by atoms with Crippen LogP contribution in [0.25, 0.3) is 0 Å². The van der Waals surface area contributed by atoms with Gasteiger partial charge in [-0.05, 0) is 30.5 Å². The molecule has 1 aromatic heterocycles. The van der Waals surface area contributed by atoms with Crippen LogP contribution in [-0.4, -0.2) is 82.6 Å². The smallest absolute Gasteiger partial charge is 0.220 e. The van der Waals surface area contributed by atoms with Crippen molar-refractivity contribution in [3.8, 4) is 0 Å². The monoisotopic (exact) mass is 448 g/mol. The number of sulfonamides is 1. The molecule has 10 heteroatoms. The summed E-state index contributed by atoms with van der Waals surface area (Å²) in [4.78, 5) is 8.57. The lowest BCUT2D eigenvalue weighted by molar-refractivity contribution is 0.260. The summed E-state index contributed by atoms with van der Waals surface area (Å²) in [5.41, 5.74) is 2.94. The Kier molecular flexibility index (Phi) is 7.91. The molecule has 170 valence electrons. The number of nitrogens with zero attached hydrogens (tertiary/aromatic N) is 5. The van der Waals surface area contributed by atoms with Crippen LogP contribution in [0.5, 0.6) is 0 Å². The van der Waals surface area contributed by atoms with Crippen molar-refractivity contribution in [2.45, 2.75) is 18.6 Å². The summed E-state index contributed by atoms with van der Waals surface area (Å²) < 4.78 is 31.4. The summed E-state index contributed by atoms with van der Waals surface area (Å²) in [5.74, 6) is 0.683. The third-order valence-electron chi connectivity index (χ3n) is 5.34. The molecule has 0 amide bonds. The second kappa shape index (κ2) is 10.6. The first-order chi connectivity index (χ1) is 14.9. The topological polar surface area (TPSA) is 94.3 Å². The van der Waals surface area contributed by atoms with Gasteiger partial charge in [0.2, 0.25) is 10.0 Å². The molecule has 3 rings (SSSR count). The summed E-state index contributed by atoms with van der Waals surface area (Å²) in [5, 5.41) is 7.11. The van der Waals surface area contributed by atoms with E-state index in [0.29, 0.717) is 31.9 Å². The lowest BCUT2D eigenvalue weighted by atomic mass is 10.1. The van der Waals surface area contributed by atoms with E-state index in [4.69, 9.17) is 4.52 Å². The summed E-state index contributed by atoms with van der Waals surface area (Å²) in [7, 11) is 2.43. The van der Waals surface area contributed by atoms with Gasteiger partial charge in [0, 0.05) is 65.6 Å². The van der Waals surface area contributed by atoms with Crippen molar-refractivity contribution in [3.05, 3.63) is 47.9 Å². The van der Waals surface area contributed by atoms with E-state index in [0.717, 1.165) is 25.3 Å². The third kappa shape index (κ3) is 6.44. The van der Waals surface area contributed by atoms with Crippen molar-refractivity contribution in [3.63, 3.8) is 0 Å². The van der Waals surface area contributed by atoms with Crippen LogP contribution >= 0.6 is 0 Å². The fourth-order valence-electron chi connectivity index (χ4n) is 3.55. The summed E-state index contributed by atoms with van der Waals surface area (Å²) in [6, 6.07) is 10.2. The van der Waals surface area contributed by atoms with Crippen LogP contribution in [0.1, 0.15) is 17.7 Å². The Morgan fingerprint density at radius 1 is 1.16 bits per heavy atom. The Hall–Kier alpha value is -2.59. The van der Waals surface area contributed by atoms with Crippen LogP contribution in [0.4, 0.5) is 5.69 Å². The Morgan fingerprint density at radius 2 is 1.87 bits per heavy atom. The molecule has 1 N–H and O–H groups in total. The predicted octanol–water partition coefficient (Wildman–Crippen LogP) is 1.40. The van der Waals surface area contributed by atoms with Gasteiger partial charge in [-0.3, -0.25) is 4.99 Å². The van der Waals surface area contributed by atoms with Crippen LogP contribution in [0.2, 0.25) is 0 Å². The Bertz CT molecular complexity index is 934. The number of guanidine groups is 1. The van der Waals surface area contributed by atoms with E-state index in [1.165, 1.54) is 21.8 Å². The third-order valence-corrected chi connectivity index (χ3v) is 7.16. The van der Waals surface area contributed by atoms with Gasteiger partial charge in [0.15, 0.2) is 5.96 Å². The van der Waals surface area contributed by atoms with Gasteiger partial charge in [0.25, 0.3) is 0 Å². The van der Waals surface area contributed by atoms with E-state index in [1.807, 2.05) is 14.1 Å². The Labute approximate surface area is 184 Å². The predicted molar refractivity (Wildman–Crippen MR) is 123 cm³/mol. The summed E-state index contributed by atoms with van der Waals surface area (Å²) >= 11 is 0. The van der Waals surface area contributed by atoms with Gasteiger partial charge in [-0.25, -0.2) is 8.42 Å². The number of nitrogens with one attached hydrogen (secondary N) is 1. The van der Waals surface area contributed by atoms with Gasteiger partial charge in [0.1, 0.15) is 12.0 Å². The molecule has 0 atom stereocenters.